The van der Waals surface area contributed by atoms with Crippen LogP contribution >= 0.6 is 12.4 Å². The molecule has 0 aliphatic carbocycles. The molecule has 3 N–H and O–H groups in total. The number of rotatable bonds is 9. The van der Waals surface area contributed by atoms with Gasteiger partial charge in [0.05, 0.1) is 11.9 Å². The molecule has 210 valence electrons. The molecule has 0 saturated carbocycles. The Bertz CT molecular complexity index is 1270. The Balaban J connectivity index is 0.00000420. The van der Waals surface area contributed by atoms with Crippen molar-refractivity contribution in [2.24, 2.45) is 5.10 Å². The SMILES string of the molecule is CCN(CC)C(=O)Oc1ccc(/C=N\NC(=O)c2nnn(-c3nonc3N)c2CN2CCCCC2C)cc1.Cl. The Hall–Kier alpha value is -4.04. The molecule has 15 heteroatoms. The number of nitrogens with zero attached hydrogens (tertiary/aromatic N) is 8. The van der Waals surface area contributed by atoms with Gasteiger partial charge in [0.1, 0.15) is 5.75 Å². The molecule has 39 heavy (non-hydrogen) atoms. The zero-order chi connectivity index (χ0) is 27.1. The third kappa shape index (κ3) is 7.09. The second kappa shape index (κ2) is 13.7. The standard InChI is InChI=1S/C24H32N10O4.ClH/c1-4-32(5-2)24(36)37-18-11-9-17(10-12-18)14-26-28-23(35)20-19(15-33-13-7-6-8-16(33)3)34(31-27-20)22-21(25)29-38-30-22;/h9-12,14,16H,4-8,13,15H2,1-3H3,(H2,25,29)(H,28,35);1H/b26-14-;. The van der Waals surface area contributed by atoms with E-state index in [2.05, 4.69) is 43.0 Å². The highest BCUT2D eigenvalue weighted by molar-refractivity contribution is 5.94. The number of piperidine rings is 1. The van der Waals surface area contributed by atoms with Gasteiger partial charge in [-0.1, -0.05) is 11.6 Å². The van der Waals surface area contributed by atoms with Crippen molar-refractivity contribution in [2.75, 3.05) is 25.4 Å². The van der Waals surface area contributed by atoms with Crippen molar-refractivity contribution < 1.29 is 19.0 Å². The minimum absolute atomic E-state index is 0. The molecule has 0 radical (unpaired) electrons. The minimum Gasteiger partial charge on any atom is -0.410 e. The Kier molecular flexibility index (Phi) is 10.3. The third-order valence-corrected chi connectivity index (χ3v) is 6.45. The normalized spacial score (nSPS) is 15.6. The van der Waals surface area contributed by atoms with Crippen molar-refractivity contribution in [2.45, 2.75) is 52.6 Å². The number of halogens is 1. The lowest BCUT2D eigenvalue weighted by atomic mass is 10.0. The lowest BCUT2D eigenvalue weighted by Crippen LogP contribution is -2.38. The fourth-order valence-electron chi connectivity index (χ4n) is 4.20. The molecular weight excluding hydrogens is 528 g/mol. The first-order valence-corrected chi connectivity index (χ1v) is 12.6. The number of aromatic nitrogens is 5. The van der Waals surface area contributed by atoms with E-state index in [0.717, 1.165) is 25.8 Å². The van der Waals surface area contributed by atoms with Crippen LogP contribution in [-0.4, -0.2) is 79.0 Å². The zero-order valence-electron chi connectivity index (χ0n) is 22.1. The Morgan fingerprint density at radius 2 is 1.97 bits per heavy atom. The number of anilines is 1. The smallest absolute Gasteiger partial charge is 0.410 e. The molecule has 2 aromatic heterocycles. The third-order valence-electron chi connectivity index (χ3n) is 6.45. The molecular formula is C24H33ClN10O4. The largest absolute Gasteiger partial charge is 0.415 e. The number of hydrazone groups is 1. The number of ether oxygens (including phenoxy) is 1. The highest BCUT2D eigenvalue weighted by Gasteiger charge is 2.28. The average Bonchev–Trinajstić information content (AvgIpc) is 3.52. The van der Waals surface area contributed by atoms with E-state index in [1.807, 2.05) is 13.8 Å². The monoisotopic (exact) mass is 560 g/mol. The van der Waals surface area contributed by atoms with E-state index in [0.29, 0.717) is 42.7 Å². The maximum Gasteiger partial charge on any atom is 0.415 e. The number of nitrogens with one attached hydrogen (secondary N) is 1. The zero-order valence-corrected chi connectivity index (χ0v) is 22.9. The Morgan fingerprint density at radius 3 is 2.62 bits per heavy atom. The molecule has 4 rings (SSSR count). The number of benzene rings is 1. The predicted molar refractivity (Wildman–Crippen MR) is 145 cm³/mol. The first-order valence-electron chi connectivity index (χ1n) is 12.6. The van der Waals surface area contributed by atoms with Gasteiger partial charge < -0.3 is 15.4 Å². The molecule has 1 aliphatic rings. The molecule has 2 amide bonds. The summed E-state index contributed by atoms with van der Waals surface area (Å²) in [6.45, 7) is 8.36. The summed E-state index contributed by atoms with van der Waals surface area (Å²) in [6.07, 6.45) is 4.36. The first-order chi connectivity index (χ1) is 18.4. The van der Waals surface area contributed by atoms with Crippen molar-refractivity contribution in [3.05, 3.63) is 41.2 Å². The maximum atomic E-state index is 13.0. The minimum atomic E-state index is -0.535. The van der Waals surface area contributed by atoms with Crippen LogP contribution in [0.15, 0.2) is 34.0 Å². The Labute approximate surface area is 231 Å². The van der Waals surface area contributed by atoms with E-state index < -0.39 is 12.0 Å². The van der Waals surface area contributed by atoms with Gasteiger partial charge in [-0.15, -0.1) is 17.5 Å². The summed E-state index contributed by atoms with van der Waals surface area (Å²) < 4.78 is 11.5. The Morgan fingerprint density at radius 1 is 1.23 bits per heavy atom. The summed E-state index contributed by atoms with van der Waals surface area (Å²) in [5.74, 6) is 0.0883. The highest BCUT2D eigenvalue weighted by Crippen LogP contribution is 2.23. The van der Waals surface area contributed by atoms with Crippen LogP contribution in [0.2, 0.25) is 0 Å². The van der Waals surface area contributed by atoms with E-state index >= 15 is 0 Å². The molecule has 3 heterocycles. The fourth-order valence-corrected chi connectivity index (χ4v) is 4.20. The summed E-state index contributed by atoms with van der Waals surface area (Å²) in [6, 6.07) is 7.10. The summed E-state index contributed by atoms with van der Waals surface area (Å²) in [7, 11) is 0. The van der Waals surface area contributed by atoms with Crippen molar-refractivity contribution in [3.8, 4) is 11.6 Å². The van der Waals surface area contributed by atoms with E-state index in [4.69, 9.17) is 15.1 Å². The van der Waals surface area contributed by atoms with Crippen molar-refractivity contribution in [1.29, 1.82) is 0 Å². The quantitative estimate of drug-likeness (QED) is 0.293. The molecule has 1 atom stereocenters. The highest BCUT2D eigenvalue weighted by atomic mass is 35.5. The van der Waals surface area contributed by atoms with E-state index in [1.54, 1.807) is 29.2 Å². The summed E-state index contributed by atoms with van der Waals surface area (Å²) in [5.41, 5.74) is 9.67. The van der Waals surface area contributed by atoms with Gasteiger partial charge in [-0.05, 0) is 80.3 Å². The van der Waals surface area contributed by atoms with Gasteiger partial charge in [-0.3, -0.25) is 9.69 Å². The van der Waals surface area contributed by atoms with Crippen LogP contribution < -0.4 is 15.9 Å². The van der Waals surface area contributed by atoms with Crippen LogP contribution in [0.1, 0.15) is 61.8 Å². The molecule has 0 spiro atoms. The topological polar surface area (TPSA) is 170 Å². The van der Waals surface area contributed by atoms with Crippen molar-refractivity contribution in [3.63, 3.8) is 0 Å². The second-order valence-corrected chi connectivity index (χ2v) is 8.89. The van der Waals surface area contributed by atoms with Crippen LogP contribution in [0.25, 0.3) is 5.82 Å². The number of amides is 2. The predicted octanol–water partition coefficient (Wildman–Crippen LogP) is 2.63. The molecule has 1 saturated heterocycles. The summed E-state index contributed by atoms with van der Waals surface area (Å²) in [4.78, 5) is 29.0. The molecule has 0 bridgehead atoms. The summed E-state index contributed by atoms with van der Waals surface area (Å²) in [5, 5.41) is 19.6. The van der Waals surface area contributed by atoms with Crippen LogP contribution in [0.4, 0.5) is 10.6 Å². The van der Waals surface area contributed by atoms with Gasteiger partial charge in [0, 0.05) is 25.7 Å². The van der Waals surface area contributed by atoms with Gasteiger partial charge in [0.2, 0.25) is 11.6 Å². The van der Waals surface area contributed by atoms with Crippen LogP contribution in [0.3, 0.4) is 0 Å². The number of carbonyl (C=O) groups excluding carboxylic acids is 2. The maximum absolute atomic E-state index is 13.0. The number of carbonyl (C=O) groups is 2. The first kappa shape index (κ1) is 29.5. The molecule has 1 unspecified atom stereocenters. The van der Waals surface area contributed by atoms with Gasteiger partial charge in [-0.2, -0.15) is 9.78 Å². The molecule has 3 aromatic rings. The van der Waals surface area contributed by atoms with Gasteiger partial charge >= 0.3 is 6.09 Å². The number of hydrogen-bond donors (Lipinski definition) is 2. The van der Waals surface area contributed by atoms with Crippen LogP contribution in [0.5, 0.6) is 5.75 Å². The molecule has 1 aromatic carbocycles. The fraction of sp³-hybridized carbons (Fsp3) is 0.458. The second-order valence-electron chi connectivity index (χ2n) is 8.89. The van der Waals surface area contributed by atoms with Crippen LogP contribution in [0, 0.1) is 0 Å². The van der Waals surface area contributed by atoms with Gasteiger partial charge in [0.15, 0.2) is 5.69 Å². The van der Waals surface area contributed by atoms with E-state index in [-0.39, 0.29) is 29.7 Å². The van der Waals surface area contributed by atoms with Crippen LogP contribution in [-0.2, 0) is 6.54 Å². The summed E-state index contributed by atoms with van der Waals surface area (Å²) >= 11 is 0. The molecule has 14 nitrogen and oxygen atoms in total. The number of nitrogen functional groups attached to an aromatic ring is 1. The number of nitrogens with two attached hydrogens (primary N) is 1. The van der Waals surface area contributed by atoms with Crippen molar-refractivity contribution in [1.82, 2.24) is 40.5 Å². The molecule has 1 fully saturated rings. The van der Waals surface area contributed by atoms with Gasteiger partial charge in [-0.25, -0.2) is 14.8 Å². The van der Waals surface area contributed by atoms with E-state index in [1.165, 1.54) is 10.9 Å². The van der Waals surface area contributed by atoms with Crippen molar-refractivity contribution >= 4 is 36.4 Å². The lowest BCUT2D eigenvalue weighted by Gasteiger charge is -2.33. The number of hydrogen-bond acceptors (Lipinski definition) is 11. The van der Waals surface area contributed by atoms with Gasteiger partial charge in [0.25, 0.3) is 5.91 Å². The lowest BCUT2D eigenvalue weighted by molar-refractivity contribution is 0.0945. The average molecular weight is 561 g/mol. The van der Waals surface area contributed by atoms with E-state index in [9.17, 15) is 9.59 Å². The molecule has 1 aliphatic heterocycles. The number of likely N-dealkylation sites (tertiary alicyclic amines) is 1.